The van der Waals surface area contributed by atoms with Crippen molar-refractivity contribution in [2.24, 2.45) is 0 Å². The summed E-state index contributed by atoms with van der Waals surface area (Å²) in [6.45, 7) is 0.606. The average Bonchev–Trinajstić information content (AvgIpc) is 2.82. The molecule has 7 nitrogen and oxygen atoms in total. The van der Waals surface area contributed by atoms with Crippen molar-refractivity contribution in [1.29, 1.82) is 0 Å². The molecule has 0 unspecified atom stereocenters. The van der Waals surface area contributed by atoms with E-state index >= 15 is 0 Å². The van der Waals surface area contributed by atoms with E-state index < -0.39 is 87.4 Å². The van der Waals surface area contributed by atoms with Crippen LogP contribution in [0.3, 0.4) is 0 Å². The maximum Gasteiger partial charge on any atom is 0.483 e. The third-order valence-corrected chi connectivity index (χ3v) is 5.12. The molecule has 1 heterocycles. The van der Waals surface area contributed by atoms with Crippen molar-refractivity contribution in [3.63, 3.8) is 0 Å². The number of carbonyl (C=O) groups excluding carboxylic acids is 3. The van der Waals surface area contributed by atoms with Gasteiger partial charge >= 0.3 is 18.0 Å². The standard InChI is InChI=1S/C21H14F8N2O5/c1-7(19(33)30-4-3-12(32)35-2)31-10-5-8(9(22)6-11(10)36-21(28,29)20(31)34)13-14(23)16(25)18(27)17(26)15(13)24/h5-7H,3-4H2,1-2H3,(H,30,33)/t7-/m1/s1. The Balaban J connectivity index is 2.13. The van der Waals surface area contributed by atoms with Crippen LogP contribution in [0.15, 0.2) is 12.1 Å². The highest BCUT2D eigenvalue weighted by Crippen LogP contribution is 2.45. The van der Waals surface area contributed by atoms with Gasteiger partial charge in [-0.15, -0.1) is 0 Å². The lowest BCUT2D eigenvalue weighted by Gasteiger charge is -2.36. The summed E-state index contributed by atoms with van der Waals surface area (Å²) in [5.41, 5.74) is -3.88. The highest BCUT2D eigenvalue weighted by Gasteiger charge is 2.53. The molecule has 194 valence electrons. The second-order valence-corrected chi connectivity index (χ2v) is 7.33. The molecule has 1 aliphatic rings. The zero-order valence-corrected chi connectivity index (χ0v) is 18.2. The Morgan fingerprint density at radius 1 is 1.03 bits per heavy atom. The van der Waals surface area contributed by atoms with Gasteiger partial charge in [0.05, 0.1) is 24.8 Å². The van der Waals surface area contributed by atoms with Crippen LogP contribution in [0.1, 0.15) is 13.3 Å². The Morgan fingerprint density at radius 3 is 2.14 bits per heavy atom. The molecule has 0 aromatic heterocycles. The SMILES string of the molecule is COC(=O)CCNC(=O)[C@@H](C)N1C(=O)C(F)(F)Oc2cc(F)c(-c3c(F)c(F)c(F)c(F)c3F)cc21. The zero-order valence-electron chi connectivity index (χ0n) is 18.2. The van der Waals surface area contributed by atoms with Crippen molar-refractivity contribution in [2.45, 2.75) is 25.5 Å². The Bertz CT molecular complexity index is 1240. The molecule has 0 radical (unpaired) electrons. The van der Waals surface area contributed by atoms with E-state index in [0.29, 0.717) is 6.07 Å². The second-order valence-electron chi connectivity index (χ2n) is 7.33. The molecule has 0 spiro atoms. The van der Waals surface area contributed by atoms with Crippen LogP contribution < -0.4 is 15.0 Å². The number of hydrogen-bond donors (Lipinski definition) is 1. The number of alkyl halides is 2. The summed E-state index contributed by atoms with van der Waals surface area (Å²) in [7, 11) is 1.07. The third-order valence-electron chi connectivity index (χ3n) is 5.12. The minimum absolute atomic E-state index is 0.0985. The fourth-order valence-corrected chi connectivity index (χ4v) is 3.32. The molecule has 15 heteroatoms. The number of nitrogens with one attached hydrogen (secondary N) is 1. The molecule has 2 aromatic carbocycles. The van der Waals surface area contributed by atoms with Gasteiger partial charge in [-0.2, -0.15) is 8.78 Å². The van der Waals surface area contributed by atoms with E-state index in [1.165, 1.54) is 0 Å². The van der Waals surface area contributed by atoms with Crippen LogP contribution in [0.25, 0.3) is 11.1 Å². The van der Waals surface area contributed by atoms with Crippen LogP contribution in [0.5, 0.6) is 5.75 Å². The number of esters is 1. The molecule has 2 aromatic rings. The van der Waals surface area contributed by atoms with Gasteiger partial charge < -0.3 is 14.8 Å². The predicted molar refractivity (Wildman–Crippen MR) is 104 cm³/mol. The van der Waals surface area contributed by atoms with Crippen molar-refractivity contribution >= 4 is 23.5 Å². The highest BCUT2D eigenvalue weighted by atomic mass is 19.3. The number of halogens is 8. The number of carbonyl (C=O) groups is 3. The first-order valence-electron chi connectivity index (χ1n) is 9.83. The van der Waals surface area contributed by atoms with Gasteiger partial charge in [-0.25, -0.2) is 26.3 Å². The first kappa shape index (κ1) is 26.7. The summed E-state index contributed by atoms with van der Waals surface area (Å²) in [4.78, 5) is 36.1. The number of methoxy groups -OCH3 is 1. The van der Waals surface area contributed by atoms with Gasteiger partial charge in [0.15, 0.2) is 29.0 Å². The Hall–Kier alpha value is -3.91. The Kier molecular flexibility index (Phi) is 7.13. The van der Waals surface area contributed by atoms with Crippen molar-refractivity contribution in [1.82, 2.24) is 5.32 Å². The number of rotatable bonds is 6. The molecule has 0 saturated heterocycles. The van der Waals surface area contributed by atoms with E-state index in [2.05, 4.69) is 14.8 Å². The van der Waals surface area contributed by atoms with E-state index in [1.807, 2.05) is 0 Å². The normalized spacial score (nSPS) is 15.2. The Morgan fingerprint density at radius 2 is 1.58 bits per heavy atom. The molecule has 0 saturated carbocycles. The van der Waals surface area contributed by atoms with E-state index in [9.17, 15) is 49.5 Å². The molecule has 2 amide bonds. The van der Waals surface area contributed by atoms with Gasteiger partial charge in [0.1, 0.15) is 11.9 Å². The molecule has 1 N–H and O–H groups in total. The van der Waals surface area contributed by atoms with Crippen molar-refractivity contribution in [3.05, 3.63) is 47.0 Å². The van der Waals surface area contributed by atoms with Crippen molar-refractivity contribution in [3.8, 4) is 16.9 Å². The summed E-state index contributed by atoms with van der Waals surface area (Å²) < 4.78 is 121. The summed E-state index contributed by atoms with van der Waals surface area (Å²) >= 11 is 0. The van der Waals surface area contributed by atoms with Crippen LogP contribution >= 0.6 is 0 Å². The summed E-state index contributed by atoms with van der Waals surface area (Å²) in [6.07, 6.45) is -4.94. The van der Waals surface area contributed by atoms with Crippen LogP contribution in [-0.4, -0.2) is 43.6 Å². The maximum atomic E-state index is 14.7. The van der Waals surface area contributed by atoms with Gasteiger partial charge in [0.25, 0.3) is 0 Å². The lowest BCUT2D eigenvalue weighted by molar-refractivity contribution is -0.193. The lowest BCUT2D eigenvalue weighted by atomic mass is 10.00. The lowest BCUT2D eigenvalue weighted by Crippen LogP contribution is -2.57. The summed E-state index contributed by atoms with van der Waals surface area (Å²) in [5.74, 6) is -19.0. The van der Waals surface area contributed by atoms with Crippen LogP contribution in [0, 0.1) is 34.9 Å². The van der Waals surface area contributed by atoms with Gasteiger partial charge in [-0.05, 0) is 13.0 Å². The van der Waals surface area contributed by atoms with E-state index in [4.69, 9.17) is 0 Å². The molecule has 0 aliphatic carbocycles. The fraction of sp³-hybridized carbons (Fsp3) is 0.286. The van der Waals surface area contributed by atoms with Crippen molar-refractivity contribution < 1.29 is 59.0 Å². The van der Waals surface area contributed by atoms with Crippen LogP contribution in [0.4, 0.5) is 40.8 Å². The smallest absolute Gasteiger partial charge is 0.469 e. The van der Waals surface area contributed by atoms with Crippen molar-refractivity contribution in [2.75, 3.05) is 18.6 Å². The number of amides is 2. The number of anilines is 1. The molecule has 0 bridgehead atoms. The number of fused-ring (bicyclic) bond motifs is 1. The maximum absolute atomic E-state index is 14.7. The third kappa shape index (κ3) is 4.52. The van der Waals surface area contributed by atoms with Gasteiger partial charge in [0.2, 0.25) is 11.7 Å². The zero-order chi connectivity index (χ0) is 27.1. The first-order chi connectivity index (χ1) is 16.7. The van der Waals surface area contributed by atoms with Gasteiger partial charge in [-0.3, -0.25) is 19.3 Å². The monoisotopic (exact) mass is 526 g/mol. The molecule has 0 fully saturated rings. The largest absolute Gasteiger partial charge is 0.483 e. The van der Waals surface area contributed by atoms with E-state index in [0.717, 1.165) is 14.0 Å². The average molecular weight is 526 g/mol. The quantitative estimate of drug-likeness (QED) is 0.269. The van der Waals surface area contributed by atoms with Gasteiger partial charge in [0, 0.05) is 18.2 Å². The number of benzene rings is 2. The number of nitrogens with zero attached hydrogens (tertiary/aromatic N) is 1. The molecule has 36 heavy (non-hydrogen) atoms. The van der Waals surface area contributed by atoms with E-state index in [1.54, 1.807) is 0 Å². The fourth-order valence-electron chi connectivity index (χ4n) is 3.32. The van der Waals surface area contributed by atoms with Crippen LogP contribution in [-0.2, 0) is 19.1 Å². The molecule has 3 rings (SSSR count). The highest BCUT2D eigenvalue weighted by molar-refractivity contribution is 6.06. The molecule has 1 aliphatic heterocycles. The number of hydrogen-bond acceptors (Lipinski definition) is 5. The number of ether oxygens (including phenoxy) is 2. The van der Waals surface area contributed by atoms with E-state index in [-0.39, 0.29) is 23.9 Å². The molecular weight excluding hydrogens is 512 g/mol. The first-order valence-corrected chi connectivity index (χ1v) is 9.83. The molecule has 1 atom stereocenters. The summed E-state index contributed by atoms with van der Waals surface area (Å²) in [6, 6.07) is -1.34. The second kappa shape index (κ2) is 9.62. The minimum atomic E-state index is -4.62. The van der Waals surface area contributed by atoms with Crippen LogP contribution in [0.2, 0.25) is 0 Å². The molecular formula is C21H14F8N2O5. The minimum Gasteiger partial charge on any atom is -0.469 e. The van der Waals surface area contributed by atoms with Gasteiger partial charge in [-0.1, -0.05) is 0 Å². The topological polar surface area (TPSA) is 84.9 Å². The predicted octanol–water partition coefficient (Wildman–Crippen LogP) is 3.57. The Labute approximate surface area is 196 Å². The summed E-state index contributed by atoms with van der Waals surface area (Å²) in [5, 5.41) is 2.17.